The van der Waals surface area contributed by atoms with Crippen LogP contribution in [0.3, 0.4) is 0 Å². The van der Waals surface area contributed by atoms with Crippen molar-refractivity contribution in [2.45, 2.75) is 19.4 Å². The van der Waals surface area contributed by atoms with Crippen molar-refractivity contribution in [1.82, 2.24) is 4.90 Å². The summed E-state index contributed by atoms with van der Waals surface area (Å²) >= 11 is 11.9. The molecule has 1 aliphatic rings. The lowest BCUT2D eigenvalue weighted by Crippen LogP contribution is -2.43. The van der Waals surface area contributed by atoms with E-state index in [1.165, 1.54) is 0 Å². The molecule has 1 unspecified atom stereocenters. The number of rotatable bonds is 5. The lowest BCUT2D eigenvalue weighted by atomic mass is 10.2. The molecule has 2 rings (SSSR count). The number of hydrogen-bond acceptors (Lipinski definition) is 4. The number of amides is 1. The number of hydrogen-bond donors (Lipinski definition) is 1. The van der Waals surface area contributed by atoms with E-state index in [1.54, 1.807) is 23.1 Å². The van der Waals surface area contributed by atoms with Crippen molar-refractivity contribution < 1.29 is 13.2 Å². The van der Waals surface area contributed by atoms with E-state index in [4.69, 9.17) is 23.2 Å². The third-order valence-corrected chi connectivity index (χ3v) is 5.97. The monoisotopic (exact) mass is 364 g/mol. The molecule has 22 heavy (non-hydrogen) atoms. The number of likely N-dealkylation sites (N-methyl/N-ethyl adjacent to an activating group) is 1. The molecule has 1 heterocycles. The highest BCUT2D eigenvalue weighted by Gasteiger charge is 2.33. The number of carbonyl (C=O) groups is 1. The first-order valence-electron chi connectivity index (χ1n) is 7.01. The van der Waals surface area contributed by atoms with E-state index in [0.29, 0.717) is 28.7 Å². The van der Waals surface area contributed by atoms with Crippen LogP contribution in [0.2, 0.25) is 10.0 Å². The summed E-state index contributed by atoms with van der Waals surface area (Å²) in [5.41, 5.74) is 0.620. The van der Waals surface area contributed by atoms with Gasteiger partial charge < -0.3 is 10.2 Å². The molecule has 1 aliphatic heterocycles. The van der Waals surface area contributed by atoms with Gasteiger partial charge in [0.15, 0.2) is 9.84 Å². The molecule has 1 amide bonds. The Kier molecular flexibility index (Phi) is 5.58. The zero-order chi connectivity index (χ0) is 16.3. The van der Waals surface area contributed by atoms with Gasteiger partial charge in [0, 0.05) is 17.6 Å². The molecule has 1 aromatic carbocycles. The van der Waals surface area contributed by atoms with E-state index >= 15 is 0 Å². The van der Waals surface area contributed by atoms with Gasteiger partial charge in [0.25, 0.3) is 0 Å². The van der Waals surface area contributed by atoms with E-state index < -0.39 is 9.84 Å². The van der Waals surface area contributed by atoms with Crippen molar-refractivity contribution in [1.29, 1.82) is 0 Å². The van der Waals surface area contributed by atoms with Crippen molar-refractivity contribution in [3.8, 4) is 0 Å². The molecule has 1 N–H and O–H groups in total. The standard InChI is InChI=1S/C14H18Cl2N2O3S/c1-2-18(11-5-6-22(20,21)9-11)14(19)8-17-13-4-3-10(15)7-12(13)16/h3-4,7,11,17H,2,5-6,8-9H2,1H3. The highest BCUT2D eigenvalue weighted by atomic mass is 35.5. The molecule has 0 aliphatic carbocycles. The van der Waals surface area contributed by atoms with Crippen LogP contribution in [0.25, 0.3) is 0 Å². The van der Waals surface area contributed by atoms with Gasteiger partial charge in [-0.25, -0.2) is 8.42 Å². The Morgan fingerprint density at radius 2 is 2.14 bits per heavy atom. The smallest absolute Gasteiger partial charge is 0.242 e. The second-order valence-corrected chi connectivity index (χ2v) is 8.29. The van der Waals surface area contributed by atoms with Crippen molar-refractivity contribution >= 4 is 44.6 Å². The summed E-state index contributed by atoms with van der Waals surface area (Å²) < 4.78 is 23.1. The molecule has 122 valence electrons. The summed E-state index contributed by atoms with van der Waals surface area (Å²) in [6.45, 7) is 2.39. The number of nitrogens with zero attached hydrogens (tertiary/aromatic N) is 1. The Morgan fingerprint density at radius 1 is 1.41 bits per heavy atom. The summed E-state index contributed by atoms with van der Waals surface area (Å²) in [6, 6.07) is 4.75. The molecule has 8 heteroatoms. The maximum Gasteiger partial charge on any atom is 0.242 e. The summed E-state index contributed by atoms with van der Waals surface area (Å²) in [7, 11) is -3.01. The second kappa shape index (κ2) is 7.06. The van der Waals surface area contributed by atoms with Crippen LogP contribution in [-0.2, 0) is 14.6 Å². The van der Waals surface area contributed by atoms with Gasteiger partial charge in [0.2, 0.25) is 5.91 Å². The molecule has 0 spiro atoms. The maximum absolute atomic E-state index is 12.3. The van der Waals surface area contributed by atoms with Crippen molar-refractivity contribution in [2.24, 2.45) is 0 Å². The fourth-order valence-corrected chi connectivity index (χ4v) is 4.77. The molecule has 0 aromatic heterocycles. The lowest BCUT2D eigenvalue weighted by molar-refractivity contribution is -0.130. The largest absolute Gasteiger partial charge is 0.375 e. The number of sulfone groups is 1. The number of carbonyl (C=O) groups excluding carboxylic acids is 1. The van der Waals surface area contributed by atoms with Crippen LogP contribution < -0.4 is 5.32 Å². The molecular weight excluding hydrogens is 347 g/mol. The Hall–Kier alpha value is -0.980. The normalized spacial score (nSPS) is 19.9. The lowest BCUT2D eigenvalue weighted by Gasteiger charge is -2.27. The van der Waals surface area contributed by atoms with Gasteiger partial charge in [-0.2, -0.15) is 0 Å². The SMILES string of the molecule is CCN(C(=O)CNc1ccc(Cl)cc1Cl)C1CCS(=O)(=O)C1. The van der Waals surface area contributed by atoms with E-state index in [2.05, 4.69) is 5.32 Å². The van der Waals surface area contributed by atoms with E-state index in [1.807, 2.05) is 6.92 Å². The Balaban J connectivity index is 1.98. The zero-order valence-electron chi connectivity index (χ0n) is 12.2. The first kappa shape index (κ1) is 17.4. The summed E-state index contributed by atoms with van der Waals surface area (Å²) in [4.78, 5) is 13.9. The third-order valence-electron chi connectivity index (χ3n) is 3.67. The fraction of sp³-hybridized carbons (Fsp3) is 0.500. The van der Waals surface area contributed by atoms with Crippen LogP contribution in [0.1, 0.15) is 13.3 Å². The maximum atomic E-state index is 12.3. The molecule has 1 aromatic rings. The molecule has 5 nitrogen and oxygen atoms in total. The Bertz CT molecular complexity index is 664. The second-order valence-electron chi connectivity index (χ2n) is 5.21. The topological polar surface area (TPSA) is 66.5 Å². The van der Waals surface area contributed by atoms with Crippen molar-refractivity contribution in [3.63, 3.8) is 0 Å². The minimum atomic E-state index is -3.01. The summed E-state index contributed by atoms with van der Waals surface area (Å²) in [6.07, 6.45) is 0.504. The predicted octanol–water partition coefficient (Wildman–Crippen LogP) is 2.44. The van der Waals surface area contributed by atoms with Crippen molar-refractivity contribution in [3.05, 3.63) is 28.2 Å². The first-order chi connectivity index (χ1) is 10.3. The van der Waals surface area contributed by atoms with Crippen LogP contribution in [0.15, 0.2) is 18.2 Å². The molecular formula is C14H18Cl2N2O3S. The van der Waals surface area contributed by atoms with Crippen LogP contribution >= 0.6 is 23.2 Å². The van der Waals surface area contributed by atoms with Crippen LogP contribution in [0, 0.1) is 0 Å². The summed E-state index contributed by atoms with van der Waals surface area (Å²) in [5.74, 6) is 0.0576. The highest BCUT2D eigenvalue weighted by molar-refractivity contribution is 7.91. The van der Waals surface area contributed by atoms with E-state index in [9.17, 15) is 13.2 Å². The van der Waals surface area contributed by atoms with Gasteiger partial charge in [-0.05, 0) is 31.5 Å². The average molecular weight is 365 g/mol. The van der Waals surface area contributed by atoms with Gasteiger partial charge in [-0.3, -0.25) is 4.79 Å². The predicted molar refractivity (Wildman–Crippen MR) is 89.4 cm³/mol. The molecule has 0 radical (unpaired) electrons. The van der Waals surface area contributed by atoms with Gasteiger partial charge >= 0.3 is 0 Å². The van der Waals surface area contributed by atoms with E-state index in [-0.39, 0.29) is 30.0 Å². The minimum Gasteiger partial charge on any atom is -0.375 e. The third kappa shape index (κ3) is 4.27. The first-order valence-corrected chi connectivity index (χ1v) is 9.59. The van der Waals surface area contributed by atoms with E-state index in [0.717, 1.165) is 0 Å². The molecule has 0 bridgehead atoms. The van der Waals surface area contributed by atoms with Crippen molar-refractivity contribution in [2.75, 3.05) is 29.9 Å². The average Bonchev–Trinajstić information content (AvgIpc) is 2.78. The van der Waals surface area contributed by atoms with Crippen LogP contribution in [0.4, 0.5) is 5.69 Å². The number of benzene rings is 1. The number of halogens is 2. The van der Waals surface area contributed by atoms with Gasteiger partial charge in [-0.1, -0.05) is 23.2 Å². The highest BCUT2D eigenvalue weighted by Crippen LogP contribution is 2.25. The van der Waals surface area contributed by atoms with Crippen LogP contribution in [0.5, 0.6) is 0 Å². The summed E-state index contributed by atoms with van der Waals surface area (Å²) in [5, 5.41) is 3.93. The number of anilines is 1. The quantitative estimate of drug-likeness (QED) is 0.871. The molecule has 1 atom stereocenters. The molecule has 0 saturated carbocycles. The molecule has 1 fully saturated rings. The minimum absolute atomic E-state index is 0.0499. The number of nitrogens with one attached hydrogen (secondary N) is 1. The van der Waals surface area contributed by atoms with Gasteiger partial charge in [0.1, 0.15) is 0 Å². The Morgan fingerprint density at radius 3 is 2.68 bits per heavy atom. The van der Waals surface area contributed by atoms with Crippen LogP contribution in [-0.4, -0.2) is 49.9 Å². The molecule has 1 saturated heterocycles. The Labute approximate surface area is 140 Å². The van der Waals surface area contributed by atoms with Gasteiger partial charge in [0.05, 0.1) is 28.8 Å². The zero-order valence-corrected chi connectivity index (χ0v) is 14.5. The fourth-order valence-electron chi connectivity index (χ4n) is 2.56. The van der Waals surface area contributed by atoms with Gasteiger partial charge in [-0.15, -0.1) is 0 Å².